The normalized spacial score (nSPS) is 9.78. The molecule has 0 aromatic heterocycles. The molecule has 0 bridgehead atoms. The summed E-state index contributed by atoms with van der Waals surface area (Å²) in [5.74, 6) is 0.0255. The minimum atomic E-state index is -0.0775. The summed E-state index contributed by atoms with van der Waals surface area (Å²) in [5, 5.41) is 2.74. The smallest absolute Gasteiger partial charge is 0.217 e. The van der Waals surface area contributed by atoms with Gasteiger partial charge in [0.05, 0.1) is 0 Å². The van der Waals surface area contributed by atoms with Gasteiger partial charge >= 0.3 is 0 Å². The van der Waals surface area contributed by atoms with Crippen LogP contribution in [0.3, 0.4) is 0 Å². The van der Waals surface area contributed by atoms with E-state index >= 15 is 0 Å². The molecule has 3 heteroatoms. The molecule has 0 aromatic rings. The molecule has 9 heavy (non-hydrogen) atoms. The molecule has 0 aliphatic carbocycles. The minimum absolute atomic E-state index is 0. The highest BCUT2D eigenvalue weighted by atomic mass is 35.5. The highest BCUT2D eigenvalue weighted by Crippen LogP contribution is 1.96. The van der Waals surface area contributed by atoms with Crippen LogP contribution >= 0.6 is 12.4 Å². The monoisotopic (exact) mass is 151 g/mol. The Balaban J connectivity index is 0. The first-order chi connectivity index (χ1) is 3.42. The molecule has 0 unspecified atom stereocenters. The lowest BCUT2D eigenvalue weighted by Crippen LogP contribution is -2.38. The van der Waals surface area contributed by atoms with Gasteiger partial charge in [-0.1, -0.05) is 0 Å². The number of hydrogen-bond acceptors (Lipinski definition) is 1. The van der Waals surface area contributed by atoms with Gasteiger partial charge in [0.15, 0.2) is 0 Å². The Morgan fingerprint density at radius 2 is 1.67 bits per heavy atom. The van der Waals surface area contributed by atoms with Crippen molar-refractivity contribution in [3.05, 3.63) is 0 Å². The van der Waals surface area contributed by atoms with E-state index < -0.39 is 0 Å². The first-order valence-corrected chi connectivity index (χ1v) is 2.70. The third-order valence-electron chi connectivity index (χ3n) is 0.551. The van der Waals surface area contributed by atoms with E-state index in [2.05, 4.69) is 5.32 Å². The summed E-state index contributed by atoms with van der Waals surface area (Å²) in [6.07, 6.45) is 0. The van der Waals surface area contributed by atoms with Crippen LogP contribution in [0, 0.1) is 0 Å². The first kappa shape index (κ1) is 11.5. The molecule has 0 heterocycles. The average molecular weight is 152 g/mol. The first-order valence-electron chi connectivity index (χ1n) is 2.70. The molecule has 1 amide bonds. The predicted molar refractivity (Wildman–Crippen MR) is 40.8 cm³/mol. The molecule has 0 saturated heterocycles. The van der Waals surface area contributed by atoms with Gasteiger partial charge in [0.1, 0.15) is 0 Å². The summed E-state index contributed by atoms with van der Waals surface area (Å²) in [4.78, 5) is 10.3. The fraction of sp³-hybridized carbons (Fsp3) is 0.833. The van der Waals surface area contributed by atoms with Crippen LogP contribution in [0.5, 0.6) is 0 Å². The van der Waals surface area contributed by atoms with E-state index in [0.29, 0.717) is 0 Å². The van der Waals surface area contributed by atoms with Gasteiger partial charge in [0, 0.05) is 12.5 Å². The number of carbonyl (C=O) groups is 1. The van der Waals surface area contributed by atoms with Gasteiger partial charge < -0.3 is 5.32 Å². The summed E-state index contributed by atoms with van der Waals surface area (Å²) in [7, 11) is 0. The highest BCUT2D eigenvalue weighted by Gasteiger charge is 2.08. The molecule has 56 valence electrons. The number of hydrogen-bond donors (Lipinski definition) is 1. The Kier molecular flexibility index (Phi) is 4.77. The summed E-state index contributed by atoms with van der Waals surface area (Å²) < 4.78 is 0. The molecule has 0 atom stereocenters. The summed E-state index contributed by atoms with van der Waals surface area (Å²) in [6.45, 7) is 7.38. The van der Waals surface area contributed by atoms with Crippen molar-refractivity contribution in [3.8, 4) is 0 Å². The van der Waals surface area contributed by atoms with E-state index in [1.165, 1.54) is 6.92 Å². The fourth-order valence-electron chi connectivity index (χ4n) is 0.528. The maximum absolute atomic E-state index is 10.3. The van der Waals surface area contributed by atoms with Gasteiger partial charge in [-0.15, -0.1) is 12.4 Å². The molecule has 0 aromatic carbocycles. The lowest BCUT2D eigenvalue weighted by atomic mass is 10.1. The van der Waals surface area contributed by atoms with Crippen molar-refractivity contribution in [2.75, 3.05) is 0 Å². The van der Waals surface area contributed by atoms with Gasteiger partial charge in [-0.25, -0.2) is 0 Å². The van der Waals surface area contributed by atoms with E-state index in [9.17, 15) is 4.79 Å². The maximum Gasteiger partial charge on any atom is 0.217 e. The van der Waals surface area contributed by atoms with E-state index in [0.717, 1.165) is 0 Å². The highest BCUT2D eigenvalue weighted by molar-refractivity contribution is 5.85. The number of rotatable bonds is 0. The number of carbonyl (C=O) groups excluding carboxylic acids is 1. The second kappa shape index (κ2) is 3.72. The van der Waals surface area contributed by atoms with Crippen molar-refractivity contribution < 1.29 is 4.79 Å². The van der Waals surface area contributed by atoms with Crippen molar-refractivity contribution in [2.24, 2.45) is 0 Å². The number of halogens is 1. The number of nitrogens with one attached hydrogen (secondary N) is 1. The fourth-order valence-corrected chi connectivity index (χ4v) is 0.528. The largest absolute Gasteiger partial charge is 0.352 e. The standard InChI is InChI=1S/C6H13NO.ClH/c1-5(8)7-6(2,3)4;/h1-4H3,(H,7,8);1H. The van der Waals surface area contributed by atoms with Gasteiger partial charge in [0.2, 0.25) is 5.91 Å². The Hall–Kier alpha value is -0.240. The quantitative estimate of drug-likeness (QED) is 0.557. The molecule has 1 N–H and O–H groups in total. The Morgan fingerprint density at radius 1 is 1.33 bits per heavy atom. The average Bonchev–Trinajstić information content (AvgIpc) is 1.21. The topological polar surface area (TPSA) is 29.1 Å². The van der Waals surface area contributed by atoms with E-state index in [-0.39, 0.29) is 23.9 Å². The van der Waals surface area contributed by atoms with Gasteiger partial charge in [-0.3, -0.25) is 4.79 Å². The maximum atomic E-state index is 10.3. The minimum Gasteiger partial charge on any atom is -0.352 e. The lowest BCUT2D eigenvalue weighted by Gasteiger charge is -2.18. The zero-order valence-corrected chi connectivity index (χ0v) is 7.13. The molecule has 0 saturated carbocycles. The second-order valence-corrected chi connectivity index (χ2v) is 2.93. The van der Waals surface area contributed by atoms with Crippen LogP contribution in [0.2, 0.25) is 0 Å². The van der Waals surface area contributed by atoms with Crippen molar-refractivity contribution in [3.63, 3.8) is 0 Å². The molecule has 0 fully saturated rings. The molecule has 0 aliphatic rings. The van der Waals surface area contributed by atoms with Crippen molar-refractivity contribution in [1.29, 1.82) is 0 Å². The Morgan fingerprint density at radius 3 is 1.67 bits per heavy atom. The zero-order chi connectivity index (χ0) is 6.78. The summed E-state index contributed by atoms with van der Waals surface area (Å²) in [5.41, 5.74) is -0.0775. The van der Waals surface area contributed by atoms with Crippen LogP contribution in [-0.2, 0) is 4.79 Å². The van der Waals surface area contributed by atoms with Crippen LogP contribution in [0.15, 0.2) is 0 Å². The Labute approximate surface area is 62.4 Å². The number of amides is 1. The van der Waals surface area contributed by atoms with E-state index in [1.54, 1.807) is 0 Å². The molecule has 0 spiro atoms. The van der Waals surface area contributed by atoms with Crippen LogP contribution in [-0.4, -0.2) is 11.4 Å². The summed E-state index contributed by atoms with van der Waals surface area (Å²) >= 11 is 0. The van der Waals surface area contributed by atoms with E-state index in [4.69, 9.17) is 0 Å². The molecule has 2 nitrogen and oxygen atoms in total. The molecular weight excluding hydrogens is 138 g/mol. The Bertz CT molecular complexity index is 95.7. The van der Waals surface area contributed by atoms with Crippen molar-refractivity contribution in [2.45, 2.75) is 33.2 Å². The molecular formula is C6H14ClNO. The third kappa shape index (κ3) is 11.4. The van der Waals surface area contributed by atoms with Crippen LogP contribution in [0.1, 0.15) is 27.7 Å². The van der Waals surface area contributed by atoms with Crippen LogP contribution < -0.4 is 5.32 Å². The third-order valence-corrected chi connectivity index (χ3v) is 0.551. The van der Waals surface area contributed by atoms with Crippen LogP contribution in [0.25, 0.3) is 0 Å². The van der Waals surface area contributed by atoms with Crippen molar-refractivity contribution >= 4 is 18.3 Å². The van der Waals surface area contributed by atoms with Crippen LogP contribution in [0.4, 0.5) is 0 Å². The zero-order valence-electron chi connectivity index (χ0n) is 6.32. The predicted octanol–water partition coefficient (Wildman–Crippen LogP) is 1.34. The second-order valence-electron chi connectivity index (χ2n) is 2.93. The molecule has 0 radical (unpaired) electrons. The molecule has 0 aliphatic heterocycles. The van der Waals surface area contributed by atoms with Gasteiger partial charge in [-0.2, -0.15) is 0 Å². The van der Waals surface area contributed by atoms with Gasteiger partial charge in [-0.05, 0) is 20.8 Å². The van der Waals surface area contributed by atoms with E-state index in [1.807, 2.05) is 20.8 Å². The summed E-state index contributed by atoms with van der Waals surface area (Å²) in [6, 6.07) is 0. The van der Waals surface area contributed by atoms with Crippen molar-refractivity contribution in [1.82, 2.24) is 5.32 Å². The SMILES string of the molecule is CC(=O)NC(C)(C)C.Cl. The molecule has 0 rings (SSSR count). The van der Waals surface area contributed by atoms with Gasteiger partial charge in [0.25, 0.3) is 0 Å². The lowest BCUT2D eigenvalue weighted by molar-refractivity contribution is -0.120.